The van der Waals surface area contributed by atoms with Gasteiger partial charge in [0, 0.05) is 19.6 Å². The molecule has 1 aromatic rings. The number of rotatable bonds is 6. The summed E-state index contributed by atoms with van der Waals surface area (Å²) in [5.41, 5.74) is -0.370. The van der Waals surface area contributed by atoms with Gasteiger partial charge in [0.25, 0.3) is 0 Å². The van der Waals surface area contributed by atoms with Crippen molar-refractivity contribution >= 4 is 23.3 Å². The van der Waals surface area contributed by atoms with E-state index in [1.165, 1.54) is 6.07 Å². The van der Waals surface area contributed by atoms with Gasteiger partial charge in [-0.3, -0.25) is 4.79 Å². The average molecular weight is 388 g/mol. The summed E-state index contributed by atoms with van der Waals surface area (Å²) in [7, 11) is 0. The van der Waals surface area contributed by atoms with Gasteiger partial charge in [-0.1, -0.05) is 6.92 Å². The van der Waals surface area contributed by atoms with Crippen LogP contribution in [-0.4, -0.2) is 51.3 Å². The molecule has 1 heterocycles. The standard InChI is InChI=1S/C17H23F3N4O3/c1-2-5-21-15(25)11-22-16(26)23-13-10-12(17(18,19)20)3-4-14(13)24-6-8-27-9-7-24/h3-4,10H,2,5-9,11H2,1H3,(H,21,25)(H2,22,23,26). The van der Waals surface area contributed by atoms with Gasteiger partial charge in [0.05, 0.1) is 36.7 Å². The van der Waals surface area contributed by atoms with Crippen molar-refractivity contribution in [2.24, 2.45) is 0 Å². The van der Waals surface area contributed by atoms with E-state index in [1.807, 2.05) is 11.8 Å². The monoisotopic (exact) mass is 388 g/mol. The number of morpholine rings is 1. The van der Waals surface area contributed by atoms with Gasteiger partial charge >= 0.3 is 12.2 Å². The average Bonchev–Trinajstić information content (AvgIpc) is 2.64. The molecule has 0 bridgehead atoms. The molecule has 2 rings (SSSR count). The Balaban J connectivity index is 2.11. The summed E-state index contributed by atoms with van der Waals surface area (Å²) in [6, 6.07) is 2.45. The van der Waals surface area contributed by atoms with Crippen LogP contribution in [0.2, 0.25) is 0 Å². The van der Waals surface area contributed by atoms with Crippen molar-refractivity contribution in [3.8, 4) is 0 Å². The van der Waals surface area contributed by atoms with Crippen LogP contribution in [0.15, 0.2) is 18.2 Å². The van der Waals surface area contributed by atoms with Crippen LogP contribution in [-0.2, 0) is 15.7 Å². The molecule has 3 N–H and O–H groups in total. The van der Waals surface area contributed by atoms with Gasteiger partial charge < -0.3 is 25.6 Å². The largest absolute Gasteiger partial charge is 0.416 e. The summed E-state index contributed by atoms with van der Waals surface area (Å²) in [4.78, 5) is 25.4. The Morgan fingerprint density at radius 2 is 1.89 bits per heavy atom. The third-order valence-electron chi connectivity index (χ3n) is 3.91. The molecule has 150 valence electrons. The summed E-state index contributed by atoms with van der Waals surface area (Å²) in [5, 5.41) is 7.35. The molecule has 0 unspecified atom stereocenters. The van der Waals surface area contributed by atoms with Crippen LogP contribution in [0.4, 0.5) is 29.3 Å². The third kappa shape index (κ3) is 6.31. The van der Waals surface area contributed by atoms with Gasteiger partial charge in [-0.2, -0.15) is 13.2 Å². The predicted molar refractivity (Wildman–Crippen MR) is 94.8 cm³/mol. The molecule has 3 amide bonds. The van der Waals surface area contributed by atoms with E-state index in [1.54, 1.807) is 0 Å². The second-order valence-electron chi connectivity index (χ2n) is 5.99. The van der Waals surface area contributed by atoms with Crippen LogP contribution < -0.4 is 20.9 Å². The number of nitrogens with zero attached hydrogens (tertiary/aromatic N) is 1. The van der Waals surface area contributed by atoms with E-state index in [2.05, 4.69) is 16.0 Å². The summed E-state index contributed by atoms with van der Waals surface area (Å²) >= 11 is 0. The number of nitrogens with one attached hydrogen (secondary N) is 3. The molecule has 1 fully saturated rings. The number of carbonyl (C=O) groups excluding carboxylic acids is 2. The fourth-order valence-electron chi connectivity index (χ4n) is 2.55. The quantitative estimate of drug-likeness (QED) is 0.698. The van der Waals surface area contributed by atoms with E-state index in [0.717, 1.165) is 18.6 Å². The maximum Gasteiger partial charge on any atom is 0.416 e. The van der Waals surface area contributed by atoms with Gasteiger partial charge in [0.15, 0.2) is 0 Å². The molecule has 27 heavy (non-hydrogen) atoms. The van der Waals surface area contributed by atoms with E-state index in [0.29, 0.717) is 38.5 Å². The fraction of sp³-hybridized carbons (Fsp3) is 0.529. The summed E-state index contributed by atoms with van der Waals surface area (Å²) in [6.45, 7) is 4.01. The normalized spacial score (nSPS) is 14.6. The fourth-order valence-corrected chi connectivity index (χ4v) is 2.55. The lowest BCUT2D eigenvalue weighted by atomic mass is 10.1. The second kappa shape index (κ2) is 9.45. The van der Waals surface area contributed by atoms with Crippen molar-refractivity contribution < 1.29 is 27.5 Å². The molecule has 10 heteroatoms. The molecule has 1 aromatic carbocycles. The van der Waals surface area contributed by atoms with Crippen molar-refractivity contribution in [2.45, 2.75) is 19.5 Å². The highest BCUT2D eigenvalue weighted by Gasteiger charge is 2.32. The summed E-state index contributed by atoms with van der Waals surface area (Å²) in [6.07, 6.45) is -3.78. The van der Waals surface area contributed by atoms with E-state index < -0.39 is 17.8 Å². The molecular formula is C17H23F3N4O3. The minimum Gasteiger partial charge on any atom is -0.378 e. The van der Waals surface area contributed by atoms with E-state index in [9.17, 15) is 22.8 Å². The molecule has 1 aliphatic rings. The number of anilines is 2. The van der Waals surface area contributed by atoms with E-state index >= 15 is 0 Å². The Hall–Kier alpha value is -2.49. The van der Waals surface area contributed by atoms with Crippen LogP contribution in [0.5, 0.6) is 0 Å². The van der Waals surface area contributed by atoms with Crippen LogP contribution in [0.3, 0.4) is 0 Å². The van der Waals surface area contributed by atoms with Crippen LogP contribution >= 0.6 is 0 Å². The summed E-state index contributed by atoms with van der Waals surface area (Å²) < 4.78 is 44.4. The lowest BCUT2D eigenvalue weighted by Crippen LogP contribution is -2.40. The number of halogens is 3. The first kappa shape index (κ1) is 20.8. The smallest absolute Gasteiger partial charge is 0.378 e. The van der Waals surface area contributed by atoms with E-state index in [-0.39, 0.29) is 18.1 Å². The van der Waals surface area contributed by atoms with Crippen molar-refractivity contribution in [1.29, 1.82) is 0 Å². The molecule has 0 spiro atoms. The van der Waals surface area contributed by atoms with Crippen molar-refractivity contribution in [1.82, 2.24) is 10.6 Å². The van der Waals surface area contributed by atoms with Crippen molar-refractivity contribution in [3.05, 3.63) is 23.8 Å². The highest BCUT2D eigenvalue weighted by molar-refractivity contribution is 5.95. The zero-order valence-corrected chi connectivity index (χ0v) is 15.0. The lowest BCUT2D eigenvalue weighted by molar-refractivity contribution is -0.137. The number of alkyl halides is 3. The SMILES string of the molecule is CCCNC(=O)CNC(=O)Nc1cc(C(F)(F)F)ccc1N1CCOCC1. The Morgan fingerprint density at radius 1 is 1.19 bits per heavy atom. The van der Waals surface area contributed by atoms with Gasteiger partial charge in [0.2, 0.25) is 5.91 Å². The first-order valence-electron chi connectivity index (χ1n) is 8.66. The number of amides is 3. The van der Waals surface area contributed by atoms with Crippen molar-refractivity contribution in [2.75, 3.05) is 49.6 Å². The third-order valence-corrected chi connectivity index (χ3v) is 3.91. The topological polar surface area (TPSA) is 82.7 Å². The number of hydrogen-bond acceptors (Lipinski definition) is 4. The molecule has 1 saturated heterocycles. The molecule has 0 radical (unpaired) electrons. The molecule has 0 aromatic heterocycles. The Labute approximate surface area is 155 Å². The Bertz CT molecular complexity index is 661. The first-order chi connectivity index (χ1) is 12.8. The van der Waals surface area contributed by atoms with Crippen LogP contribution in [0.25, 0.3) is 0 Å². The molecular weight excluding hydrogens is 365 g/mol. The Kier molecular flexibility index (Phi) is 7.28. The highest BCUT2D eigenvalue weighted by atomic mass is 19.4. The number of urea groups is 1. The first-order valence-corrected chi connectivity index (χ1v) is 8.66. The number of carbonyl (C=O) groups is 2. The zero-order chi connectivity index (χ0) is 19.9. The molecule has 7 nitrogen and oxygen atoms in total. The van der Waals surface area contributed by atoms with Crippen molar-refractivity contribution in [3.63, 3.8) is 0 Å². The summed E-state index contributed by atoms with van der Waals surface area (Å²) in [5.74, 6) is -0.371. The highest BCUT2D eigenvalue weighted by Crippen LogP contribution is 2.35. The minimum atomic E-state index is -4.53. The number of benzene rings is 1. The van der Waals surface area contributed by atoms with Crippen LogP contribution in [0.1, 0.15) is 18.9 Å². The number of ether oxygens (including phenoxy) is 1. The maximum atomic E-state index is 13.0. The number of hydrogen-bond donors (Lipinski definition) is 3. The van der Waals surface area contributed by atoms with E-state index in [4.69, 9.17) is 4.74 Å². The minimum absolute atomic E-state index is 0.0261. The molecule has 0 saturated carbocycles. The van der Waals surface area contributed by atoms with Gasteiger partial charge in [0.1, 0.15) is 0 Å². The van der Waals surface area contributed by atoms with Crippen LogP contribution in [0, 0.1) is 0 Å². The molecule has 0 atom stereocenters. The molecule has 0 aliphatic carbocycles. The lowest BCUT2D eigenvalue weighted by Gasteiger charge is -2.31. The maximum absolute atomic E-state index is 13.0. The zero-order valence-electron chi connectivity index (χ0n) is 15.0. The second-order valence-corrected chi connectivity index (χ2v) is 5.99. The predicted octanol–water partition coefficient (Wildman–Crippen LogP) is 2.19. The van der Waals surface area contributed by atoms with Gasteiger partial charge in [-0.05, 0) is 24.6 Å². The molecule has 1 aliphatic heterocycles. The van der Waals surface area contributed by atoms with Gasteiger partial charge in [-0.25, -0.2) is 4.79 Å². The Morgan fingerprint density at radius 3 is 2.52 bits per heavy atom. The van der Waals surface area contributed by atoms with Gasteiger partial charge in [-0.15, -0.1) is 0 Å².